The zero-order valence-corrected chi connectivity index (χ0v) is 14.9. The largest absolute Gasteiger partial charge is 0.493 e. The van der Waals surface area contributed by atoms with Gasteiger partial charge in [0.25, 0.3) is 0 Å². The fraction of sp³-hybridized carbons (Fsp3) is 0.353. The zero-order chi connectivity index (χ0) is 17.9. The molecule has 2 aliphatic rings. The summed E-state index contributed by atoms with van der Waals surface area (Å²) in [5.41, 5.74) is 3.00. The number of halogens is 2. The number of anilines is 1. The lowest BCUT2D eigenvalue weighted by molar-refractivity contribution is 0.385. The van der Waals surface area contributed by atoms with Crippen molar-refractivity contribution in [2.24, 2.45) is 9.98 Å². The molecule has 0 saturated heterocycles. The monoisotopic (exact) mass is 362 g/mol. The molecule has 2 aliphatic heterocycles. The van der Waals surface area contributed by atoms with E-state index in [4.69, 9.17) is 20.9 Å². The average Bonchev–Trinajstić information content (AvgIpc) is 3.07. The van der Waals surface area contributed by atoms with E-state index in [1.165, 1.54) is 7.11 Å². The highest BCUT2D eigenvalue weighted by Crippen LogP contribution is 2.48. The third kappa shape index (κ3) is 2.26. The molecule has 2 atom stereocenters. The Morgan fingerprint density at radius 3 is 2.72 bits per heavy atom. The lowest BCUT2D eigenvalue weighted by Gasteiger charge is -2.20. The second kappa shape index (κ2) is 5.56. The molecule has 0 spiro atoms. The van der Waals surface area contributed by atoms with Crippen LogP contribution in [0.5, 0.6) is 5.75 Å². The topological polar surface area (TPSA) is 72.0 Å². The number of methoxy groups -OCH3 is 1. The molecular weight excluding hydrogens is 347 g/mol. The Balaban J connectivity index is 1.96. The van der Waals surface area contributed by atoms with Crippen LogP contribution in [0.1, 0.15) is 29.9 Å². The molecule has 0 aliphatic carbocycles. The van der Waals surface area contributed by atoms with E-state index >= 15 is 4.39 Å². The number of ether oxygens (including phenoxy) is 1. The predicted molar refractivity (Wildman–Crippen MR) is 94.5 cm³/mol. The predicted octanol–water partition coefficient (Wildman–Crippen LogP) is 4.01. The van der Waals surface area contributed by atoms with Gasteiger partial charge in [0.1, 0.15) is 22.9 Å². The second-order valence-corrected chi connectivity index (χ2v) is 6.50. The molecule has 8 heteroatoms. The van der Waals surface area contributed by atoms with Crippen LogP contribution in [-0.2, 0) is 0 Å². The van der Waals surface area contributed by atoms with E-state index in [0.717, 1.165) is 5.56 Å². The zero-order valence-electron chi connectivity index (χ0n) is 14.1. The highest BCUT2D eigenvalue weighted by Gasteiger charge is 2.41. The molecule has 1 aromatic carbocycles. The van der Waals surface area contributed by atoms with Crippen LogP contribution in [0.25, 0.3) is 11.1 Å². The van der Waals surface area contributed by atoms with Gasteiger partial charge in [0.15, 0.2) is 11.6 Å². The SMILES string of the molecule is COc1c(-c2c(C)noc2C)cc2c(c1F)C1C(Cl)=NC(C)=NC1N2. The molecule has 1 N–H and O–H groups in total. The molecule has 0 fully saturated rings. The van der Waals surface area contributed by atoms with Gasteiger partial charge in [0.05, 0.1) is 24.3 Å². The van der Waals surface area contributed by atoms with E-state index in [2.05, 4.69) is 20.5 Å². The Morgan fingerprint density at radius 1 is 1.32 bits per heavy atom. The van der Waals surface area contributed by atoms with Crippen molar-refractivity contribution in [3.8, 4) is 16.9 Å². The van der Waals surface area contributed by atoms with Crippen LogP contribution in [0.2, 0.25) is 0 Å². The van der Waals surface area contributed by atoms with E-state index in [9.17, 15) is 0 Å². The molecule has 0 saturated carbocycles. The Kier molecular flexibility index (Phi) is 3.57. The minimum absolute atomic E-state index is 0.131. The van der Waals surface area contributed by atoms with Crippen molar-refractivity contribution in [2.75, 3.05) is 12.4 Å². The fourth-order valence-corrected chi connectivity index (χ4v) is 3.88. The lowest BCUT2D eigenvalue weighted by atomic mass is 9.94. The van der Waals surface area contributed by atoms with Crippen LogP contribution in [-0.4, -0.2) is 29.4 Å². The smallest absolute Gasteiger partial charge is 0.171 e. The van der Waals surface area contributed by atoms with Gasteiger partial charge >= 0.3 is 0 Å². The quantitative estimate of drug-likeness (QED) is 0.876. The van der Waals surface area contributed by atoms with E-state index in [-0.39, 0.29) is 11.9 Å². The molecule has 130 valence electrons. The van der Waals surface area contributed by atoms with Crippen molar-refractivity contribution in [1.82, 2.24) is 5.16 Å². The van der Waals surface area contributed by atoms with Crippen LogP contribution in [0.3, 0.4) is 0 Å². The van der Waals surface area contributed by atoms with Gasteiger partial charge in [0.2, 0.25) is 0 Å². The van der Waals surface area contributed by atoms with Crippen LogP contribution < -0.4 is 10.1 Å². The van der Waals surface area contributed by atoms with Gasteiger partial charge in [-0.3, -0.25) is 0 Å². The van der Waals surface area contributed by atoms with Crippen LogP contribution in [0.15, 0.2) is 20.6 Å². The fourth-order valence-electron chi connectivity index (χ4n) is 3.53. The van der Waals surface area contributed by atoms with E-state index in [1.807, 2.05) is 6.07 Å². The average molecular weight is 363 g/mol. The summed E-state index contributed by atoms with van der Waals surface area (Å²) in [6.45, 7) is 5.35. The summed E-state index contributed by atoms with van der Waals surface area (Å²) in [5.74, 6) is 0.348. The Labute approximate surface area is 148 Å². The van der Waals surface area contributed by atoms with Crippen molar-refractivity contribution in [2.45, 2.75) is 32.9 Å². The highest BCUT2D eigenvalue weighted by atomic mass is 35.5. The summed E-state index contributed by atoms with van der Waals surface area (Å²) >= 11 is 6.29. The normalized spacial score (nSPS) is 21.2. The molecule has 4 rings (SSSR count). The van der Waals surface area contributed by atoms with Gasteiger partial charge in [0, 0.05) is 16.8 Å². The van der Waals surface area contributed by atoms with E-state index in [0.29, 0.717) is 39.3 Å². The Hall–Kier alpha value is -2.41. The van der Waals surface area contributed by atoms with Gasteiger partial charge in [-0.2, -0.15) is 0 Å². The number of benzene rings is 1. The second-order valence-electron chi connectivity index (χ2n) is 6.11. The number of aromatic nitrogens is 1. The molecule has 2 aromatic rings. The van der Waals surface area contributed by atoms with Crippen molar-refractivity contribution < 1.29 is 13.7 Å². The van der Waals surface area contributed by atoms with E-state index in [1.54, 1.807) is 20.8 Å². The summed E-state index contributed by atoms with van der Waals surface area (Å²) in [7, 11) is 1.44. The number of amidine groups is 1. The minimum Gasteiger partial charge on any atom is -0.493 e. The maximum Gasteiger partial charge on any atom is 0.171 e. The van der Waals surface area contributed by atoms with Gasteiger partial charge in [-0.25, -0.2) is 14.4 Å². The number of hydrogen-bond acceptors (Lipinski definition) is 6. The van der Waals surface area contributed by atoms with Crippen molar-refractivity contribution in [3.05, 3.63) is 28.9 Å². The molecule has 1 aromatic heterocycles. The van der Waals surface area contributed by atoms with E-state index < -0.39 is 11.7 Å². The van der Waals surface area contributed by atoms with Crippen molar-refractivity contribution in [1.29, 1.82) is 0 Å². The van der Waals surface area contributed by atoms with Gasteiger partial charge < -0.3 is 14.6 Å². The molecular formula is C17H16ClFN4O2. The molecule has 3 heterocycles. The number of rotatable bonds is 2. The first-order chi connectivity index (χ1) is 11.9. The first kappa shape index (κ1) is 16.1. The number of hydrogen-bond donors (Lipinski definition) is 1. The number of nitrogens with one attached hydrogen (secondary N) is 1. The van der Waals surface area contributed by atoms with Crippen molar-refractivity contribution >= 4 is 28.3 Å². The molecule has 2 unspecified atom stereocenters. The molecule has 0 radical (unpaired) electrons. The third-order valence-electron chi connectivity index (χ3n) is 4.55. The van der Waals surface area contributed by atoms with Gasteiger partial charge in [-0.05, 0) is 26.8 Å². The Bertz CT molecular complexity index is 931. The first-order valence-corrected chi connectivity index (χ1v) is 8.18. The summed E-state index contributed by atoms with van der Waals surface area (Å²) in [6, 6.07) is 1.83. The standard InChI is InChI=1S/C17H16ClFN4O2/c1-6-11(7(2)25-23-6)9-5-10-12(14(19)15(9)24-4)13-16(18)20-8(3)21-17(13)22-10/h5,13,17,22H,1-4H3. The van der Waals surface area contributed by atoms with Crippen LogP contribution >= 0.6 is 11.6 Å². The molecule has 0 bridgehead atoms. The lowest BCUT2D eigenvalue weighted by Crippen LogP contribution is -2.27. The van der Waals surface area contributed by atoms with Gasteiger partial charge in [-0.15, -0.1) is 0 Å². The first-order valence-electron chi connectivity index (χ1n) is 7.81. The molecule has 25 heavy (non-hydrogen) atoms. The maximum atomic E-state index is 15.4. The van der Waals surface area contributed by atoms with Crippen LogP contribution in [0.4, 0.5) is 10.1 Å². The Morgan fingerprint density at radius 2 is 2.08 bits per heavy atom. The van der Waals surface area contributed by atoms with Crippen molar-refractivity contribution in [3.63, 3.8) is 0 Å². The number of fused-ring (bicyclic) bond motifs is 3. The maximum absolute atomic E-state index is 15.4. The summed E-state index contributed by atoms with van der Waals surface area (Å²) in [5, 5.41) is 7.50. The van der Waals surface area contributed by atoms with Crippen LogP contribution in [0, 0.1) is 19.7 Å². The summed E-state index contributed by atoms with van der Waals surface area (Å²) < 4.78 is 26.0. The van der Waals surface area contributed by atoms with Gasteiger partial charge in [-0.1, -0.05) is 16.8 Å². The third-order valence-corrected chi connectivity index (χ3v) is 4.87. The summed E-state index contributed by atoms with van der Waals surface area (Å²) in [4.78, 5) is 8.61. The number of aryl methyl sites for hydroxylation is 2. The minimum atomic E-state index is -0.474. The molecule has 6 nitrogen and oxygen atoms in total. The number of aliphatic imine (C=N–C) groups is 2. The number of nitrogens with zero attached hydrogens (tertiary/aromatic N) is 3. The molecule has 0 amide bonds. The highest BCUT2D eigenvalue weighted by molar-refractivity contribution is 6.67. The summed E-state index contributed by atoms with van der Waals surface area (Å²) in [6.07, 6.45) is -0.376.